The van der Waals surface area contributed by atoms with Crippen LogP contribution in [0.25, 0.3) is 11.3 Å². The molecule has 8 heteroatoms. The molecule has 1 amide bonds. The van der Waals surface area contributed by atoms with E-state index in [1.54, 1.807) is 29.7 Å². The van der Waals surface area contributed by atoms with E-state index in [9.17, 15) is 8.99 Å². The number of hydrogen-bond acceptors (Lipinski definition) is 5. The minimum absolute atomic E-state index is 0.222. The van der Waals surface area contributed by atoms with Crippen molar-refractivity contribution < 1.29 is 8.99 Å². The van der Waals surface area contributed by atoms with E-state index < -0.39 is 8.89 Å². The van der Waals surface area contributed by atoms with Crippen LogP contribution in [0.3, 0.4) is 0 Å². The van der Waals surface area contributed by atoms with Gasteiger partial charge in [0.05, 0.1) is 26.8 Å². The minimum atomic E-state index is -0.671. The van der Waals surface area contributed by atoms with Gasteiger partial charge in [0, 0.05) is 43.1 Å². The van der Waals surface area contributed by atoms with Crippen molar-refractivity contribution in [3.63, 3.8) is 0 Å². The van der Waals surface area contributed by atoms with Crippen molar-refractivity contribution in [3.8, 4) is 11.3 Å². The third-order valence-electron chi connectivity index (χ3n) is 4.09. The molecule has 0 radical (unpaired) electrons. The molecule has 2 aromatic heterocycles. The second kappa shape index (κ2) is 10.0. The van der Waals surface area contributed by atoms with Crippen molar-refractivity contribution in [1.82, 2.24) is 25.0 Å². The summed E-state index contributed by atoms with van der Waals surface area (Å²) >= 11 is 0. The molecule has 1 atom stereocenters. The Hall–Kier alpha value is -2.66. The van der Waals surface area contributed by atoms with E-state index in [1.807, 2.05) is 24.3 Å². The van der Waals surface area contributed by atoms with E-state index in [-0.39, 0.29) is 5.91 Å². The van der Waals surface area contributed by atoms with Gasteiger partial charge in [-0.25, -0.2) is 4.20 Å². The van der Waals surface area contributed by atoms with Crippen LogP contribution >= 0.6 is 8.89 Å². The van der Waals surface area contributed by atoms with Crippen molar-refractivity contribution >= 4 is 14.8 Å². The molecule has 0 saturated heterocycles. The lowest BCUT2D eigenvalue weighted by atomic mass is 10.2. The highest BCUT2D eigenvalue weighted by Gasteiger charge is 2.23. The molecule has 28 heavy (non-hydrogen) atoms. The molecule has 0 bridgehead atoms. The van der Waals surface area contributed by atoms with Gasteiger partial charge in [-0.1, -0.05) is 25.8 Å². The summed E-state index contributed by atoms with van der Waals surface area (Å²) in [6.07, 6.45) is 11.7. The molecule has 146 valence electrons. The summed E-state index contributed by atoms with van der Waals surface area (Å²) in [5.41, 5.74) is 2.68. The minimum Gasteiger partial charge on any atom is -0.336 e. The molecule has 1 unspecified atom stereocenters. The number of aromatic nitrogens is 3. The van der Waals surface area contributed by atoms with Crippen LogP contribution in [0.15, 0.2) is 61.3 Å². The van der Waals surface area contributed by atoms with Gasteiger partial charge in [-0.3, -0.25) is 9.78 Å². The molecule has 3 heterocycles. The molecule has 0 aromatic carbocycles. The first-order valence-corrected chi connectivity index (χ1v) is 10.3. The van der Waals surface area contributed by atoms with Crippen LogP contribution in [0.1, 0.15) is 25.0 Å². The molecule has 0 spiro atoms. The predicted octanol–water partition coefficient (Wildman–Crippen LogP) is 3.90. The molecule has 6 nitrogen and oxygen atoms in total. The van der Waals surface area contributed by atoms with E-state index >= 15 is 0 Å². The predicted molar refractivity (Wildman–Crippen MR) is 109 cm³/mol. The topological polar surface area (TPSA) is 62.2 Å². The Kier molecular flexibility index (Phi) is 7.20. The molecule has 2 aromatic rings. The molecule has 4 rings (SSSR count). The van der Waals surface area contributed by atoms with Gasteiger partial charge < -0.3 is 9.80 Å². The maximum absolute atomic E-state index is 12.3. The van der Waals surface area contributed by atoms with Crippen LogP contribution in [-0.4, -0.2) is 43.6 Å². The summed E-state index contributed by atoms with van der Waals surface area (Å²) in [5, 5.41) is 8.42. The SMILES string of the molecule is C1CC1.C=C1C(=O)N(CCPF)C=CN1Cc1ccc(-c2cccnc2)nn1. The van der Waals surface area contributed by atoms with Gasteiger partial charge in [-0.15, -0.1) is 0 Å². The van der Waals surface area contributed by atoms with Crippen molar-refractivity contribution in [2.75, 3.05) is 12.7 Å². The maximum Gasteiger partial charge on any atom is 0.273 e. The Morgan fingerprint density at radius 2 is 1.89 bits per heavy atom. The van der Waals surface area contributed by atoms with E-state index in [0.29, 0.717) is 30.6 Å². The lowest BCUT2D eigenvalue weighted by Gasteiger charge is -2.30. The van der Waals surface area contributed by atoms with Gasteiger partial charge in [0.25, 0.3) is 5.91 Å². The average Bonchev–Trinajstić information content (AvgIpc) is 3.62. The maximum atomic E-state index is 12.3. The van der Waals surface area contributed by atoms with E-state index in [4.69, 9.17) is 0 Å². The van der Waals surface area contributed by atoms with Gasteiger partial charge in [-0.2, -0.15) is 10.2 Å². The highest BCUT2D eigenvalue weighted by molar-refractivity contribution is 7.31. The standard InChI is InChI=1S/C17H17FN5OP.C3H6/c1-13-17(24)22(9-10-25-18)7-8-23(13)12-15-4-5-16(21-20-15)14-3-2-6-19-11-14;1-2-3-1/h2-8,11,25H,1,9-10,12H2;1-3H2. The Morgan fingerprint density at radius 1 is 1.11 bits per heavy atom. The number of nitrogens with zero attached hydrogens (tertiary/aromatic N) is 5. The molecule has 1 aliphatic heterocycles. The molecule has 0 N–H and O–H groups in total. The second-order valence-corrected chi connectivity index (χ2v) is 7.23. The second-order valence-electron chi connectivity index (χ2n) is 6.47. The van der Waals surface area contributed by atoms with Crippen LogP contribution < -0.4 is 0 Å². The van der Waals surface area contributed by atoms with E-state index in [2.05, 4.69) is 21.8 Å². The summed E-state index contributed by atoms with van der Waals surface area (Å²) < 4.78 is 12.3. The smallest absolute Gasteiger partial charge is 0.273 e. The molecule has 1 aliphatic carbocycles. The Bertz CT molecular complexity index is 823. The lowest BCUT2D eigenvalue weighted by molar-refractivity contribution is -0.126. The Balaban J connectivity index is 0.000000684. The summed E-state index contributed by atoms with van der Waals surface area (Å²) in [6.45, 7) is 4.58. The summed E-state index contributed by atoms with van der Waals surface area (Å²) in [5.74, 6) is -0.222. The number of carbonyl (C=O) groups is 1. The fourth-order valence-electron chi connectivity index (χ4n) is 2.38. The number of rotatable bonds is 6. The number of halogens is 1. The van der Waals surface area contributed by atoms with Crippen LogP contribution in [0.4, 0.5) is 4.20 Å². The number of amides is 1. The molecule has 1 saturated carbocycles. The van der Waals surface area contributed by atoms with Gasteiger partial charge >= 0.3 is 0 Å². The first-order chi connectivity index (χ1) is 13.7. The molecule has 2 aliphatic rings. The molecular formula is C20H23FN5OP. The summed E-state index contributed by atoms with van der Waals surface area (Å²) in [6, 6.07) is 7.48. The van der Waals surface area contributed by atoms with Gasteiger partial charge in [-0.05, 0) is 24.3 Å². The lowest BCUT2D eigenvalue weighted by Crippen LogP contribution is -2.38. The van der Waals surface area contributed by atoms with Crippen LogP contribution in [0.2, 0.25) is 0 Å². The Labute approximate surface area is 166 Å². The van der Waals surface area contributed by atoms with Gasteiger partial charge in [0.15, 0.2) is 0 Å². The average molecular weight is 399 g/mol. The number of carbonyl (C=O) groups excluding carboxylic acids is 1. The third kappa shape index (κ3) is 5.67. The fraction of sp³-hybridized carbons (Fsp3) is 0.300. The van der Waals surface area contributed by atoms with Crippen molar-refractivity contribution in [2.45, 2.75) is 25.8 Å². The van der Waals surface area contributed by atoms with Crippen molar-refractivity contribution in [3.05, 3.63) is 67.0 Å². The van der Waals surface area contributed by atoms with Crippen LogP contribution in [0.5, 0.6) is 0 Å². The highest BCUT2D eigenvalue weighted by Crippen LogP contribution is 2.20. The van der Waals surface area contributed by atoms with Crippen LogP contribution in [0, 0.1) is 0 Å². The zero-order valence-corrected chi connectivity index (χ0v) is 16.6. The zero-order chi connectivity index (χ0) is 19.8. The largest absolute Gasteiger partial charge is 0.336 e. The molecular weight excluding hydrogens is 376 g/mol. The quantitative estimate of drug-likeness (QED) is 0.545. The van der Waals surface area contributed by atoms with Crippen molar-refractivity contribution in [2.24, 2.45) is 0 Å². The number of hydrogen-bond donors (Lipinski definition) is 0. The van der Waals surface area contributed by atoms with Crippen LogP contribution in [-0.2, 0) is 11.3 Å². The van der Waals surface area contributed by atoms with Crippen molar-refractivity contribution in [1.29, 1.82) is 0 Å². The first-order valence-electron chi connectivity index (χ1n) is 9.20. The van der Waals surface area contributed by atoms with Gasteiger partial charge in [0.1, 0.15) is 5.70 Å². The molecule has 1 fully saturated rings. The fourth-order valence-corrected chi connectivity index (χ4v) is 2.71. The number of pyridine rings is 1. The van der Waals surface area contributed by atoms with E-state index in [1.165, 1.54) is 24.2 Å². The normalized spacial score (nSPS) is 15.8. The zero-order valence-electron chi connectivity index (χ0n) is 15.6. The highest BCUT2D eigenvalue weighted by atomic mass is 31.1. The first kappa shape index (κ1) is 20.1. The van der Waals surface area contributed by atoms with Gasteiger partial charge in [0.2, 0.25) is 0 Å². The summed E-state index contributed by atoms with van der Waals surface area (Å²) in [4.78, 5) is 19.5. The monoisotopic (exact) mass is 399 g/mol. The third-order valence-corrected chi connectivity index (χ3v) is 4.50. The van der Waals surface area contributed by atoms with E-state index in [0.717, 1.165) is 11.3 Å². The summed E-state index contributed by atoms with van der Waals surface area (Å²) in [7, 11) is -0.671. The Morgan fingerprint density at radius 3 is 2.50 bits per heavy atom.